The van der Waals surface area contributed by atoms with E-state index in [1.54, 1.807) is 0 Å². The SMILES string of the molecule is CC1C(C(=O)O)C(N(C)C)CCN1C. The lowest BCUT2D eigenvalue weighted by Crippen LogP contribution is -2.55. The number of hydrogen-bond donors (Lipinski definition) is 1. The normalized spacial score (nSPS) is 34.8. The summed E-state index contributed by atoms with van der Waals surface area (Å²) in [7, 11) is 5.91. The number of aliphatic carboxylic acids is 1. The third-order valence-corrected chi connectivity index (χ3v) is 3.36. The van der Waals surface area contributed by atoms with Crippen LogP contribution in [0.15, 0.2) is 0 Å². The molecule has 0 aromatic rings. The molecule has 0 bridgehead atoms. The van der Waals surface area contributed by atoms with Crippen molar-refractivity contribution in [2.45, 2.75) is 25.4 Å². The maximum absolute atomic E-state index is 11.2. The van der Waals surface area contributed by atoms with E-state index in [0.29, 0.717) is 0 Å². The third-order valence-electron chi connectivity index (χ3n) is 3.36. The van der Waals surface area contributed by atoms with Gasteiger partial charge in [0.1, 0.15) is 0 Å². The Morgan fingerprint density at radius 3 is 2.50 bits per heavy atom. The molecule has 14 heavy (non-hydrogen) atoms. The van der Waals surface area contributed by atoms with Crippen molar-refractivity contribution in [2.75, 3.05) is 27.7 Å². The van der Waals surface area contributed by atoms with Gasteiger partial charge in [0, 0.05) is 12.1 Å². The molecule has 0 radical (unpaired) electrons. The van der Waals surface area contributed by atoms with Gasteiger partial charge in [-0.1, -0.05) is 0 Å². The zero-order chi connectivity index (χ0) is 10.9. The van der Waals surface area contributed by atoms with E-state index in [9.17, 15) is 9.90 Å². The maximum Gasteiger partial charge on any atom is 0.309 e. The third kappa shape index (κ3) is 2.07. The monoisotopic (exact) mass is 200 g/mol. The molecule has 1 saturated heterocycles. The van der Waals surface area contributed by atoms with Crippen LogP contribution in [0, 0.1) is 5.92 Å². The van der Waals surface area contributed by atoms with Gasteiger partial charge in [-0.15, -0.1) is 0 Å². The van der Waals surface area contributed by atoms with Gasteiger partial charge in [0.15, 0.2) is 0 Å². The van der Waals surface area contributed by atoms with Crippen molar-refractivity contribution in [3.63, 3.8) is 0 Å². The Balaban J connectivity index is 2.82. The quantitative estimate of drug-likeness (QED) is 0.698. The molecule has 0 aromatic heterocycles. The van der Waals surface area contributed by atoms with Crippen molar-refractivity contribution in [1.29, 1.82) is 0 Å². The molecule has 0 spiro atoms. The molecule has 1 N–H and O–H groups in total. The van der Waals surface area contributed by atoms with E-state index in [4.69, 9.17) is 0 Å². The number of piperidine rings is 1. The van der Waals surface area contributed by atoms with Gasteiger partial charge in [0.2, 0.25) is 0 Å². The van der Waals surface area contributed by atoms with E-state index in [0.717, 1.165) is 13.0 Å². The van der Waals surface area contributed by atoms with Crippen molar-refractivity contribution in [3.8, 4) is 0 Å². The van der Waals surface area contributed by atoms with Gasteiger partial charge >= 0.3 is 5.97 Å². The van der Waals surface area contributed by atoms with Crippen LogP contribution in [0.3, 0.4) is 0 Å². The topological polar surface area (TPSA) is 43.8 Å². The van der Waals surface area contributed by atoms with Crippen molar-refractivity contribution in [3.05, 3.63) is 0 Å². The molecule has 0 aliphatic carbocycles. The molecule has 1 aliphatic rings. The van der Waals surface area contributed by atoms with Gasteiger partial charge in [-0.05, 0) is 41.0 Å². The van der Waals surface area contributed by atoms with E-state index in [1.165, 1.54) is 0 Å². The lowest BCUT2D eigenvalue weighted by Gasteiger charge is -2.42. The summed E-state index contributed by atoms with van der Waals surface area (Å²) in [5.41, 5.74) is 0. The Hall–Kier alpha value is -0.610. The molecule has 0 aromatic carbocycles. The highest BCUT2D eigenvalue weighted by Gasteiger charge is 2.39. The van der Waals surface area contributed by atoms with Crippen LogP contribution < -0.4 is 0 Å². The summed E-state index contributed by atoms with van der Waals surface area (Å²) in [5.74, 6) is -0.952. The van der Waals surface area contributed by atoms with Crippen molar-refractivity contribution in [1.82, 2.24) is 9.80 Å². The lowest BCUT2D eigenvalue weighted by molar-refractivity contribution is -0.148. The highest BCUT2D eigenvalue weighted by atomic mass is 16.4. The van der Waals surface area contributed by atoms with Gasteiger partial charge < -0.3 is 14.9 Å². The number of carboxylic acids is 1. The van der Waals surface area contributed by atoms with E-state index in [1.807, 2.05) is 33.0 Å². The van der Waals surface area contributed by atoms with Crippen molar-refractivity contribution < 1.29 is 9.90 Å². The number of rotatable bonds is 2. The summed E-state index contributed by atoms with van der Waals surface area (Å²) in [6.07, 6.45) is 0.935. The first-order valence-electron chi connectivity index (χ1n) is 5.04. The summed E-state index contributed by atoms with van der Waals surface area (Å²) in [6.45, 7) is 2.97. The smallest absolute Gasteiger partial charge is 0.309 e. The Bertz CT molecular complexity index is 218. The first-order chi connectivity index (χ1) is 6.45. The van der Waals surface area contributed by atoms with Crippen LogP contribution in [0.1, 0.15) is 13.3 Å². The number of carbonyl (C=O) groups is 1. The molecule has 3 atom stereocenters. The van der Waals surface area contributed by atoms with Crippen LogP contribution in [-0.4, -0.2) is 60.6 Å². The molecular weight excluding hydrogens is 180 g/mol. The second-order valence-corrected chi connectivity index (χ2v) is 4.40. The number of carboxylic acid groups (broad SMARTS) is 1. The van der Waals surface area contributed by atoms with Crippen LogP contribution >= 0.6 is 0 Å². The average Bonchev–Trinajstić information content (AvgIpc) is 2.08. The first-order valence-corrected chi connectivity index (χ1v) is 5.04. The van der Waals surface area contributed by atoms with E-state index >= 15 is 0 Å². The molecule has 1 heterocycles. The zero-order valence-electron chi connectivity index (χ0n) is 9.40. The summed E-state index contributed by atoms with van der Waals surface area (Å²) in [4.78, 5) is 15.3. The lowest BCUT2D eigenvalue weighted by atomic mass is 9.85. The Kier molecular flexibility index (Phi) is 3.50. The standard InChI is InChI=1S/C10H20N2O2/c1-7-9(10(13)14)8(11(2)3)5-6-12(7)4/h7-9H,5-6H2,1-4H3,(H,13,14). The molecule has 1 fully saturated rings. The Morgan fingerprint density at radius 2 is 2.07 bits per heavy atom. The molecule has 3 unspecified atom stereocenters. The molecule has 0 amide bonds. The molecule has 4 nitrogen and oxygen atoms in total. The van der Waals surface area contributed by atoms with Crippen molar-refractivity contribution in [2.24, 2.45) is 5.92 Å². The molecule has 0 saturated carbocycles. The zero-order valence-corrected chi connectivity index (χ0v) is 9.40. The first kappa shape index (κ1) is 11.5. The van der Waals surface area contributed by atoms with Crippen LogP contribution in [0.4, 0.5) is 0 Å². The molecular formula is C10H20N2O2. The number of nitrogens with zero attached hydrogens (tertiary/aromatic N) is 2. The predicted octanol–water partition coefficient (Wildman–Crippen LogP) is 0.341. The van der Waals surface area contributed by atoms with Crippen LogP contribution in [0.5, 0.6) is 0 Å². The second kappa shape index (κ2) is 4.28. The second-order valence-electron chi connectivity index (χ2n) is 4.40. The molecule has 1 aliphatic heterocycles. The summed E-state index contributed by atoms with van der Waals surface area (Å²) in [6, 6.07) is 0.285. The van der Waals surface area contributed by atoms with Gasteiger partial charge in [-0.25, -0.2) is 0 Å². The van der Waals surface area contributed by atoms with E-state index in [2.05, 4.69) is 4.90 Å². The van der Waals surface area contributed by atoms with Crippen LogP contribution in [-0.2, 0) is 4.79 Å². The molecule has 82 valence electrons. The van der Waals surface area contributed by atoms with Gasteiger partial charge in [0.05, 0.1) is 5.92 Å². The van der Waals surface area contributed by atoms with E-state index in [-0.39, 0.29) is 18.0 Å². The van der Waals surface area contributed by atoms with Crippen LogP contribution in [0.25, 0.3) is 0 Å². The minimum absolute atomic E-state index is 0.119. The fraction of sp³-hybridized carbons (Fsp3) is 0.900. The van der Waals surface area contributed by atoms with E-state index < -0.39 is 5.97 Å². The minimum atomic E-state index is -0.678. The van der Waals surface area contributed by atoms with Crippen LogP contribution in [0.2, 0.25) is 0 Å². The fourth-order valence-electron chi connectivity index (χ4n) is 2.27. The Labute approximate surface area is 85.5 Å². The summed E-state index contributed by atoms with van der Waals surface area (Å²) in [5, 5.41) is 9.19. The maximum atomic E-state index is 11.2. The van der Waals surface area contributed by atoms with Gasteiger partial charge in [-0.2, -0.15) is 0 Å². The summed E-state index contributed by atoms with van der Waals surface area (Å²) < 4.78 is 0. The summed E-state index contributed by atoms with van der Waals surface area (Å²) >= 11 is 0. The van der Waals surface area contributed by atoms with Gasteiger partial charge in [-0.3, -0.25) is 4.79 Å². The predicted molar refractivity (Wildman–Crippen MR) is 55.3 cm³/mol. The fourth-order valence-corrected chi connectivity index (χ4v) is 2.27. The number of likely N-dealkylation sites (tertiary alicyclic amines) is 1. The van der Waals surface area contributed by atoms with Gasteiger partial charge in [0.25, 0.3) is 0 Å². The largest absolute Gasteiger partial charge is 0.481 e. The molecule has 1 rings (SSSR count). The highest BCUT2D eigenvalue weighted by Crippen LogP contribution is 2.25. The Morgan fingerprint density at radius 1 is 1.50 bits per heavy atom. The van der Waals surface area contributed by atoms with Crippen molar-refractivity contribution >= 4 is 5.97 Å². The number of hydrogen-bond acceptors (Lipinski definition) is 3. The molecule has 4 heteroatoms. The minimum Gasteiger partial charge on any atom is -0.481 e. The average molecular weight is 200 g/mol. The highest BCUT2D eigenvalue weighted by molar-refractivity contribution is 5.72.